The minimum absolute atomic E-state index is 0.232. The van der Waals surface area contributed by atoms with Crippen molar-refractivity contribution in [3.63, 3.8) is 0 Å². The molecule has 1 unspecified atom stereocenters. The molecule has 2 aromatic rings. The topological polar surface area (TPSA) is 72.2 Å². The van der Waals surface area contributed by atoms with Gasteiger partial charge in [-0.2, -0.15) is 0 Å². The van der Waals surface area contributed by atoms with E-state index in [0.29, 0.717) is 6.42 Å². The minimum Gasteiger partial charge on any atom is -0.324 e. The number of nitrogens with one attached hydrogen (secondary N) is 1. The standard InChI is InChI=1S/C15H18N2O2S/c1-17-20(18,19)15-10-6-5-9-13(15)11-14(16)12-7-3-2-4-8-12/h2-10,14,17H,11,16H2,1H3. The minimum atomic E-state index is -3.46. The molecule has 0 saturated heterocycles. The van der Waals surface area contributed by atoms with Crippen molar-refractivity contribution in [2.45, 2.75) is 17.4 Å². The first kappa shape index (κ1) is 14.7. The van der Waals surface area contributed by atoms with Crippen molar-refractivity contribution in [1.82, 2.24) is 4.72 Å². The lowest BCUT2D eigenvalue weighted by Crippen LogP contribution is -2.22. The first-order valence-corrected chi connectivity index (χ1v) is 7.85. The second kappa shape index (κ2) is 6.17. The van der Waals surface area contributed by atoms with Gasteiger partial charge in [-0.1, -0.05) is 48.5 Å². The molecule has 3 N–H and O–H groups in total. The lowest BCUT2D eigenvalue weighted by molar-refractivity contribution is 0.585. The van der Waals surface area contributed by atoms with Crippen LogP contribution in [0, 0.1) is 0 Å². The van der Waals surface area contributed by atoms with E-state index >= 15 is 0 Å². The van der Waals surface area contributed by atoms with E-state index < -0.39 is 10.0 Å². The van der Waals surface area contributed by atoms with Gasteiger partial charge < -0.3 is 5.73 Å². The highest BCUT2D eigenvalue weighted by Crippen LogP contribution is 2.21. The van der Waals surface area contributed by atoms with Gasteiger partial charge in [-0.25, -0.2) is 13.1 Å². The van der Waals surface area contributed by atoms with E-state index in [4.69, 9.17) is 5.73 Å². The molecule has 0 amide bonds. The summed E-state index contributed by atoms with van der Waals surface area (Å²) >= 11 is 0. The zero-order valence-electron chi connectivity index (χ0n) is 11.3. The van der Waals surface area contributed by atoms with Crippen molar-refractivity contribution < 1.29 is 8.42 Å². The molecule has 0 saturated carbocycles. The Labute approximate surface area is 119 Å². The van der Waals surface area contributed by atoms with Crippen molar-refractivity contribution >= 4 is 10.0 Å². The van der Waals surface area contributed by atoms with Crippen LogP contribution in [0.5, 0.6) is 0 Å². The summed E-state index contributed by atoms with van der Waals surface area (Å²) in [6.45, 7) is 0. The summed E-state index contributed by atoms with van der Waals surface area (Å²) in [5, 5.41) is 0. The Kier molecular flexibility index (Phi) is 4.54. The van der Waals surface area contributed by atoms with Gasteiger partial charge in [-0.15, -0.1) is 0 Å². The van der Waals surface area contributed by atoms with Crippen LogP contribution in [0.25, 0.3) is 0 Å². The van der Waals surface area contributed by atoms with Crippen molar-refractivity contribution in [3.05, 3.63) is 65.7 Å². The highest BCUT2D eigenvalue weighted by molar-refractivity contribution is 7.89. The monoisotopic (exact) mass is 290 g/mol. The molecule has 0 radical (unpaired) electrons. The third-order valence-electron chi connectivity index (χ3n) is 3.20. The van der Waals surface area contributed by atoms with Crippen LogP contribution < -0.4 is 10.5 Å². The second-order valence-electron chi connectivity index (χ2n) is 4.54. The van der Waals surface area contributed by atoms with Gasteiger partial charge >= 0.3 is 0 Å². The number of rotatable bonds is 5. The summed E-state index contributed by atoms with van der Waals surface area (Å²) in [4.78, 5) is 0.286. The average molecular weight is 290 g/mol. The Balaban J connectivity index is 2.31. The fourth-order valence-corrected chi connectivity index (χ4v) is 3.07. The van der Waals surface area contributed by atoms with Crippen LogP contribution in [0.4, 0.5) is 0 Å². The molecule has 2 aromatic carbocycles. The first-order valence-electron chi connectivity index (χ1n) is 6.36. The summed E-state index contributed by atoms with van der Waals surface area (Å²) < 4.78 is 26.3. The SMILES string of the molecule is CNS(=O)(=O)c1ccccc1CC(N)c1ccccc1. The lowest BCUT2D eigenvalue weighted by Gasteiger charge is -2.15. The smallest absolute Gasteiger partial charge is 0.240 e. The molecule has 0 heterocycles. The molecule has 4 nitrogen and oxygen atoms in total. The van der Waals surface area contributed by atoms with Crippen LogP contribution in [0.15, 0.2) is 59.5 Å². The molecule has 0 spiro atoms. The van der Waals surface area contributed by atoms with Gasteiger partial charge in [-0.3, -0.25) is 0 Å². The molecule has 2 rings (SSSR count). The van der Waals surface area contributed by atoms with Crippen LogP contribution in [-0.2, 0) is 16.4 Å². The predicted molar refractivity (Wildman–Crippen MR) is 79.8 cm³/mol. The molecule has 0 aliphatic heterocycles. The maximum atomic E-state index is 12.0. The van der Waals surface area contributed by atoms with Gasteiger partial charge in [0.1, 0.15) is 0 Å². The Bertz CT molecular complexity index is 669. The number of nitrogens with two attached hydrogens (primary N) is 1. The highest BCUT2D eigenvalue weighted by Gasteiger charge is 2.18. The molecule has 0 bridgehead atoms. The molecule has 106 valence electrons. The fraction of sp³-hybridized carbons (Fsp3) is 0.200. The van der Waals surface area contributed by atoms with E-state index in [1.165, 1.54) is 7.05 Å². The van der Waals surface area contributed by atoms with Crippen molar-refractivity contribution in [2.24, 2.45) is 5.73 Å². The van der Waals surface area contributed by atoms with Crippen molar-refractivity contribution in [1.29, 1.82) is 0 Å². The average Bonchev–Trinajstić information content (AvgIpc) is 2.48. The van der Waals surface area contributed by atoms with Crippen LogP contribution in [0.3, 0.4) is 0 Å². The van der Waals surface area contributed by atoms with Gasteiger partial charge in [-0.05, 0) is 30.7 Å². The molecule has 5 heteroatoms. The maximum Gasteiger partial charge on any atom is 0.240 e. The largest absolute Gasteiger partial charge is 0.324 e. The first-order chi connectivity index (χ1) is 9.54. The molecule has 0 aromatic heterocycles. The highest BCUT2D eigenvalue weighted by atomic mass is 32.2. The second-order valence-corrected chi connectivity index (χ2v) is 6.39. The normalized spacial score (nSPS) is 13.1. The fourth-order valence-electron chi connectivity index (χ4n) is 2.10. The summed E-state index contributed by atoms with van der Waals surface area (Å²) in [6, 6.07) is 16.4. The number of sulfonamides is 1. The van der Waals surface area contributed by atoms with Gasteiger partial charge in [0.15, 0.2) is 0 Å². The van der Waals surface area contributed by atoms with E-state index in [9.17, 15) is 8.42 Å². The van der Waals surface area contributed by atoms with Gasteiger partial charge in [0.05, 0.1) is 4.90 Å². The molecule has 0 aliphatic rings. The van der Waals surface area contributed by atoms with Crippen LogP contribution >= 0.6 is 0 Å². The summed E-state index contributed by atoms with van der Waals surface area (Å²) in [7, 11) is -2.06. The van der Waals surface area contributed by atoms with Crippen LogP contribution in [0.2, 0.25) is 0 Å². The van der Waals surface area contributed by atoms with E-state index in [1.54, 1.807) is 18.2 Å². The number of hydrogen-bond donors (Lipinski definition) is 2. The maximum absolute atomic E-state index is 12.0. The Hall–Kier alpha value is -1.69. The van der Waals surface area contributed by atoms with Gasteiger partial charge in [0.25, 0.3) is 0 Å². The van der Waals surface area contributed by atoms with E-state index in [1.807, 2.05) is 36.4 Å². The zero-order chi connectivity index (χ0) is 14.6. The third kappa shape index (κ3) is 3.25. The van der Waals surface area contributed by atoms with Crippen LogP contribution in [0.1, 0.15) is 17.2 Å². The summed E-state index contributed by atoms with van der Waals surface area (Å²) in [5.41, 5.74) is 7.88. The molecular formula is C15H18N2O2S. The quantitative estimate of drug-likeness (QED) is 0.882. The summed E-state index contributed by atoms with van der Waals surface area (Å²) in [5.74, 6) is 0. The van der Waals surface area contributed by atoms with Crippen LogP contribution in [-0.4, -0.2) is 15.5 Å². The zero-order valence-corrected chi connectivity index (χ0v) is 12.1. The van der Waals surface area contributed by atoms with E-state index in [-0.39, 0.29) is 10.9 Å². The molecule has 0 fully saturated rings. The van der Waals surface area contributed by atoms with Crippen molar-refractivity contribution in [3.8, 4) is 0 Å². The van der Waals surface area contributed by atoms with E-state index in [0.717, 1.165) is 11.1 Å². The third-order valence-corrected chi connectivity index (χ3v) is 4.71. The Morgan fingerprint density at radius 1 is 1.05 bits per heavy atom. The summed E-state index contributed by atoms with van der Waals surface area (Å²) in [6.07, 6.45) is 0.473. The Morgan fingerprint density at radius 2 is 1.65 bits per heavy atom. The van der Waals surface area contributed by atoms with Gasteiger partial charge in [0.2, 0.25) is 10.0 Å². The Morgan fingerprint density at radius 3 is 2.30 bits per heavy atom. The molecular weight excluding hydrogens is 272 g/mol. The van der Waals surface area contributed by atoms with Gasteiger partial charge in [0, 0.05) is 6.04 Å². The number of hydrogen-bond acceptors (Lipinski definition) is 3. The van der Waals surface area contributed by atoms with Crippen molar-refractivity contribution in [2.75, 3.05) is 7.05 Å². The lowest BCUT2D eigenvalue weighted by atomic mass is 10.00. The number of benzene rings is 2. The predicted octanol–water partition coefficient (Wildman–Crippen LogP) is 1.84. The molecule has 20 heavy (non-hydrogen) atoms. The molecule has 1 atom stereocenters. The van der Waals surface area contributed by atoms with E-state index in [2.05, 4.69) is 4.72 Å². The molecule has 0 aliphatic carbocycles.